The number of carbonyl (C=O) groups excluding carboxylic acids is 1. The maximum Gasteiger partial charge on any atom is 0.244 e. The third kappa shape index (κ3) is 3.66. The van der Waals surface area contributed by atoms with E-state index >= 15 is 0 Å². The molecule has 0 radical (unpaired) electrons. The van der Waals surface area contributed by atoms with Crippen LogP contribution in [0.3, 0.4) is 0 Å². The van der Waals surface area contributed by atoms with Crippen LogP contribution in [0, 0.1) is 0 Å². The van der Waals surface area contributed by atoms with Crippen molar-refractivity contribution in [1.82, 2.24) is 10.3 Å². The third-order valence-electron chi connectivity index (χ3n) is 4.24. The molecule has 4 heteroatoms. The van der Waals surface area contributed by atoms with Gasteiger partial charge in [-0.3, -0.25) is 9.78 Å². The van der Waals surface area contributed by atoms with Crippen LogP contribution in [0.1, 0.15) is 29.5 Å². The summed E-state index contributed by atoms with van der Waals surface area (Å²) in [4.78, 5) is 15.9. The summed E-state index contributed by atoms with van der Waals surface area (Å²) in [7, 11) is 0. The molecule has 4 nitrogen and oxygen atoms in total. The summed E-state index contributed by atoms with van der Waals surface area (Å²) in [5, 5.41) is 13.7. The Morgan fingerprint density at radius 3 is 2.87 bits per heavy atom. The third-order valence-corrected chi connectivity index (χ3v) is 4.24. The summed E-state index contributed by atoms with van der Waals surface area (Å²) in [6.07, 6.45) is 9.14. The number of aryl methyl sites for hydroxylation is 1. The van der Waals surface area contributed by atoms with Crippen LogP contribution in [0.25, 0.3) is 6.08 Å². The summed E-state index contributed by atoms with van der Waals surface area (Å²) >= 11 is 0. The lowest BCUT2D eigenvalue weighted by Crippen LogP contribution is -2.42. The average molecular weight is 308 g/mol. The fourth-order valence-electron chi connectivity index (χ4n) is 3.02. The summed E-state index contributed by atoms with van der Waals surface area (Å²) in [6.45, 7) is 0.226. The van der Waals surface area contributed by atoms with Gasteiger partial charge in [-0.2, -0.15) is 0 Å². The second-order valence-electron chi connectivity index (χ2n) is 5.87. The van der Waals surface area contributed by atoms with E-state index in [2.05, 4.69) is 10.3 Å². The molecule has 0 aliphatic heterocycles. The van der Waals surface area contributed by atoms with Crippen molar-refractivity contribution in [2.45, 2.75) is 24.9 Å². The quantitative estimate of drug-likeness (QED) is 0.853. The minimum Gasteiger partial charge on any atom is -0.383 e. The smallest absolute Gasteiger partial charge is 0.244 e. The van der Waals surface area contributed by atoms with Crippen molar-refractivity contribution in [2.75, 3.05) is 6.54 Å². The van der Waals surface area contributed by atoms with Crippen LogP contribution in [0.5, 0.6) is 0 Å². The molecule has 0 spiro atoms. The van der Waals surface area contributed by atoms with Crippen molar-refractivity contribution in [3.05, 3.63) is 71.6 Å². The number of amides is 1. The lowest BCUT2D eigenvalue weighted by atomic mass is 9.79. The van der Waals surface area contributed by atoms with Crippen molar-refractivity contribution < 1.29 is 9.90 Å². The minimum absolute atomic E-state index is 0.210. The van der Waals surface area contributed by atoms with Gasteiger partial charge in [0.15, 0.2) is 0 Å². The summed E-state index contributed by atoms with van der Waals surface area (Å²) < 4.78 is 0. The lowest BCUT2D eigenvalue weighted by molar-refractivity contribution is -0.118. The highest BCUT2D eigenvalue weighted by Gasteiger charge is 2.34. The monoisotopic (exact) mass is 308 g/mol. The Balaban J connectivity index is 1.64. The Morgan fingerprint density at radius 2 is 2.04 bits per heavy atom. The molecule has 2 N–H and O–H groups in total. The number of aromatic nitrogens is 1. The van der Waals surface area contributed by atoms with E-state index in [4.69, 9.17) is 0 Å². The molecular weight excluding hydrogens is 288 g/mol. The van der Waals surface area contributed by atoms with Gasteiger partial charge in [0, 0.05) is 18.5 Å². The number of carbonyl (C=O) groups is 1. The highest BCUT2D eigenvalue weighted by molar-refractivity contribution is 5.91. The predicted octanol–water partition coefficient (Wildman–Crippen LogP) is 2.44. The summed E-state index contributed by atoms with van der Waals surface area (Å²) in [5.41, 5.74) is 2.04. The average Bonchev–Trinajstić information content (AvgIpc) is 2.60. The molecule has 23 heavy (non-hydrogen) atoms. The Kier molecular flexibility index (Phi) is 4.53. The van der Waals surface area contributed by atoms with E-state index < -0.39 is 5.60 Å². The summed E-state index contributed by atoms with van der Waals surface area (Å²) in [5.74, 6) is -0.210. The number of aliphatic hydroxyl groups is 1. The first-order valence-corrected chi connectivity index (χ1v) is 7.84. The van der Waals surface area contributed by atoms with Crippen LogP contribution >= 0.6 is 0 Å². The highest BCUT2D eigenvalue weighted by Crippen LogP contribution is 2.34. The maximum absolute atomic E-state index is 12.0. The van der Waals surface area contributed by atoms with Crippen LogP contribution in [-0.4, -0.2) is 22.5 Å². The topological polar surface area (TPSA) is 62.2 Å². The SMILES string of the molecule is O=C(/C=C/c1ccncc1)NC[C@@]1(O)CCCc2ccccc21. The molecule has 1 aliphatic carbocycles. The molecule has 1 heterocycles. The first-order valence-electron chi connectivity index (χ1n) is 7.84. The van der Waals surface area contributed by atoms with Gasteiger partial charge in [0.2, 0.25) is 5.91 Å². The molecule has 118 valence electrons. The van der Waals surface area contributed by atoms with Crippen LogP contribution < -0.4 is 5.32 Å². The normalized spacial score (nSPS) is 20.2. The highest BCUT2D eigenvalue weighted by atomic mass is 16.3. The van der Waals surface area contributed by atoms with Crippen LogP contribution in [0.15, 0.2) is 54.9 Å². The molecule has 2 aromatic rings. The van der Waals surface area contributed by atoms with Gasteiger partial charge in [0.1, 0.15) is 5.60 Å². The molecule has 0 fully saturated rings. The lowest BCUT2D eigenvalue weighted by Gasteiger charge is -2.34. The number of benzene rings is 1. The number of rotatable bonds is 4. The van der Waals surface area contributed by atoms with E-state index in [9.17, 15) is 9.90 Å². The molecule has 1 amide bonds. The predicted molar refractivity (Wildman–Crippen MR) is 89.6 cm³/mol. The molecule has 1 atom stereocenters. The van der Waals surface area contributed by atoms with Gasteiger partial charge in [0.05, 0.1) is 6.54 Å². The van der Waals surface area contributed by atoms with Gasteiger partial charge >= 0.3 is 0 Å². The van der Waals surface area contributed by atoms with Crippen molar-refractivity contribution in [3.63, 3.8) is 0 Å². The number of hydrogen-bond acceptors (Lipinski definition) is 3. The van der Waals surface area contributed by atoms with E-state index in [1.807, 2.05) is 36.4 Å². The molecule has 3 rings (SSSR count). The molecule has 0 unspecified atom stereocenters. The van der Waals surface area contributed by atoms with E-state index in [-0.39, 0.29) is 12.5 Å². The van der Waals surface area contributed by atoms with Crippen LogP contribution in [0.4, 0.5) is 0 Å². The molecule has 0 saturated heterocycles. The van der Waals surface area contributed by atoms with E-state index in [1.54, 1.807) is 18.5 Å². The number of hydrogen-bond donors (Lipinski definition) is 2. The van der Waals surface area contributed by atoms with Crippen molar-refractivity contribution in [2.24, 2.45) is 0 Å². The largest absolute Gasteiger partial charge is 0.383 e. The van der Waals surface area contributed by atoms with Crippen LogP contribution in [0.2, 0.25) is 0 Å². The Hall–Kier alpha value is -2.46. The molecule has 0 bridgehead atoms. The number of pyridine rings is 1. The van der Waals surface area contributed by atoms with Crippen molar-refractivity contribution in [1.29, 1.82) is 0 Å². The van der Waals surface area contributed by atoms with Gasteiger partial charge in [0.25, 0.3) is 0 Å². The zero-order chi connectivity index (χ0) is 16.1. The maximum atomic E-state index is 12.0. The molecule has 1 aliphatic rings. The van der Waals surface area contributed by atoms with E-state index in [0.717, 1.165) is 24.0 Å². The Labute approximate surface area is 135 Å². The van der Waals surface area contributed by atoms with Gasteiger partial charge in [-0.25, -0.2) is 0 Å². The standard InChI is InChI=1S/C19H20N2O2/c22-18(8-7-15-9-12-20-13-10-15)21-14-19(23)11-3-5-16-4-1-2-6-17(16)19/h1-2,4,6-10,12-13,23H,3,5,11,14H2,(H,21,22)/b8-7+/t19-/m0/s1. The zero-order valence-corrected chi connectivity index (χ0v) is 12.9. The van der Waals surface area contributed by atoms with Crippen molar-refractivity contribution >= 4 is 12.0 Å². The van der Waals surface area contributed by atoms with Gasteiger partial charge in [-0.1, -0.05) is 24.3 Å². The Bertz CT molecular complexity index is 712. The minimum atomic E-state index is -0.977. The first-order chi connectivity index (χ1) is 11.2. The second kappa shape index (κ2) is 6.75. The number of nitrogens with one attached hydrogen (secondary N) is 1. The molecular formula is C19H20N2O2. The van der Waals surface area contributed by atoms with Crippen molar-refractivity contribution in [3.8, 4) is 0 Å². The zero-order valence-electron chi connectivity index (χ0n) is 12.9. The number of nitrogens with zero attached hydrogens (tertiary/aromatic N) is 1. The van der Waals surface area contributed by atoms with Gasteiger partial charge in [-0.05, 0) is 54.2 Å². The molecule has 1 aromatic carbocycles. The summed E-state index contributed by atoms with van der Waals surface area (Å²) in [6, 6.07) is 11.6. The fraction of sp³-hybridized carbons (Fsp3) is 0.263. The second-order valence-corrected chi connectivity index (χ2v) is 5.87. The molecule has 1 aromatic heterocycles. The van der Waals surface area contributed by atoms with Crippen LogP contribution in [-0.2, 0) is 16.8 Å². The van der Waals surface area contributed by atoms with Gasteiger partial charge < -0.3 is 10.4 Å². The molecule has 0 saturated carbocycles. The number of fused-ring (bicyclic) bond motifs is 1. The van der Waals surface area contributed by atoms with E-state index in [0.29, 0.717) is 6.42 Å². The Morgan fingerprint density at radius 1 is 1.26 bits per heavy atom. The van der Waals surface area contributed by atoms with Gasteiger partial charge in [-0.15, -0.1) is 0 Å². The fourth-order valence-corrected chi connectivity index (χ4v) is 3.02. The first kappa shape index (κ1) is 15.4. The van der Waals surface area contributed by atoms with E-state index in [1.165, 1.54) is 11.6 Å².